The molecule has 2 aromatic rings. The second-order valence-corrected chi connectivity index (χ2v) is 8.94. The summed E-state index contributed by atoms with van der Waals surface area (Å²) in [5.41, 5.74) is 4.78. The average Bonchev–Trinajstić information content (AvgIpc) is 3.28. The third-order valence-electron chi connectivity index (χ3n) is 6.15. The van der Waals surface area contributed by atoms with Crippen LogP contribution in [0.15, 0.2) is 41.3 Å². The number of carbonyl (C=O) groups excluding carboxylic acids is 1. The zero-order valence-corrected chi connectivity index (χ0v) is 16.6. The standard InChI is InChI=1S/C22H25N3OS/c1-14-12-16(15(2)24(14)17-8-4-3-5-9-17)13-20-21(26)25-19-11-7-6-10-18(19)23-22(25)27-20/h3-5,8-9,12-13,18-19,22-23H,6-7,10-11H2,1-2H3/b20-13+. The Morgan fingerprint density at radius 3 is 2.74 bits per heavy atom. The summed E-state index contributed by atoms with van der Waals surface area (Å²) in [6.45, 7) is 4.26. The highest BCUT2D eigenvalue weighted by Crippen LogP contribution is 2.44. The van der Waals surface area contributed by atoms with E-state index in [4.69, 9.17) is 0 Å². The van der Waals surface area contributed by atoms with Gasteiger partial charge in [0.2, 0.25) is 0 Å². The van der Waals surface area contributed by atoms with Gasteiger partial charge in [0.25, 0.3) is 5.91 Å². The molecule has 3 fully saturated rings. The van der Waals surface area contributed by atoms with Crippen molar-refractivity contribution in [2.75, 3.05) is 0 Å². The fourth-order valence-electron chi connectivity index (χ4n) is 4.87. The number of hydrogen-bond donors (Lipinski definition) is 1. The van der Waals surface area contributed by atoms with Crippen molar-refractivity contribution >= 4 is 23.7 Å². The maximum Gasteiger partial charge on any atom is 0.262 e. The van der Waals surface area contributed by atoms with Crippen molar-refractivity contribution in [3.05, 3.63) is 58.3 Å². The van der Waals surface area contributed by atoms with E-state index in [1.54, 1.807) is 11.8 Å². The molecule has 27 heavy (non-hydrogen) atoms. The van der Waals surface area contributed by atoms with Crippen LogP contribution in [0.3, 0.4) is 0 Å². The number of para-hydroxylation sites is 1. The molecule has 0 spiro atoms. The summed E-state index contributed by atoms with van der Waals surface area (Å²) >= 11 is 1.69. The minimum Gasteiger partial charge on any atom is -0.318 e. The molecule has 140 valence electrons. The molecule has 1 aromatic heterocycles. The first-order valence-electron chi connectivity index (χ1n) is 9.85. The summed E-state index contributed by atoms with van der Waals surface area (Å²) < 4.78 is 2.26. The number of thioether (sulfide) groups is 1. The van der Waals surface area contributed by atoms with Gasteiger partial charge < -0.3 is 9.47 Å². The summed E-state index contributed by atoms with van der Waals surface area (Å²) in [4.78, 5) is 16.1. The van der Waals surface area contributed by atoms with Crippen LogP contribution in [0.5, 0.6) is 0 Å². The molecule has 1 saturated carbocycles. The maximum absolute atomic E-state index is 13.1. The molecule has 0 bridgehead atoms. The van der Waals surface area contributed by atoms with Gasteiger partial charge in [0, 0.05) is 29.2 Å². The van der Waals surface area contributed by atoms with Crippen LogP contribution in [0.2, 0.25) is 0 Å². The van der Waals surface area contributed by atoms with Crippen molar-refractivity contribution in [3.63, 3.8) is 0 Å². The topological polar surface area (TPSA) is 37.3 Å². The number of nitrogens with one attached hydrogen (secondary N) is 1. The highest BCUT2D eigenvalue weighted by Gasteiger charge is 2.49. The summed E-state index contributed by atoms with van der Waals surface area (Å²) in [7, 11) is 0. The van der Waals surface area contributed by atoms with Crippen molar-refractivity contribution in [2.45, 2.75) is 57.1 Å². The van der Waals surface area contributed by atoms with Gasteiger partial charge in [0.1, 0.15) is 5.50 Å². The number of aryl methyl sites for hydroxylation is 1. The van der Waals surface area contributed by atoms with E-state index < -0.39 is 0 Å². The van der Waals surface area contributed by atoms with Crippen molar-refractivity contribution in [1.82, 2.24) is 14.8 Å². The minimum atomic E-state index is 0.120. The lowest BCUT2D eigenvalue weighted by Gasteiger charge is -2.29. The van der Waals surface area contributed by atoms with Crippen LogP contribution in [-0.4, -0.2) is 33.0 Å². The molecular formula is C22H25N3OS. The van der Waals surface area contributed by atoms with Crippen LogP contribution in [-0.2, 0) is 4.79 Å². The molecule has 1 aliphatic carbocycles. The van der Waals surface area contributed by atoms with E-state index in [2.05, 4.69) is 65.0 Å². The third kappa shape index (κ3) is 2.75. The first kappa shape index (κ1) is 17.1. The second kappa shape index (κ2) is 6.57. The van der Waals surface area contributed by atoms with Crippen molar-refractivity contribution in [1.29, 1.82) is 0 Å². The van der Waals surface area contributed by atoms with Gasteiger partial charge in [-0.3, -0.25) is 10.1 Å². The van der Waals surface area contributed by atoms with Crippen LogP contribution in [0.4, 0.5) is 0 Å². The molecule has 1 N–H and O–H groups in total. The Morgan fingerprint density at radius 1 is 1.15 bits per heavy atom. The summed E-state index contributed by atoms with van der Waals surface area (Å²) in [6, 6.07) is 13.4. The number of amides is 1. The van der Waals surface area contributed by atoms with E-state index in [1.807, 2.05) is 6.07 Å². The summed E-state index contributed by atoms with van der Waals surface area (Å²) in [6.07, 6.45) is 6.94. The van der Waals surface area contributed by atoms with Crippen LogP contribution in [0, 0.1) is 13.8 Å². The molecule has 3 aliphatic rings. The Labute approximate surface area is 164 Å². The molecule has 1 aromatic carbocycles. The van der Waals surface area contributed by atoms with Crippen molar-refractivity contribution in [3.8, 4) is 5.69 Å². The molecule has 2 saturated heterocycles. The van der Waals surface area contributed by atoms with Gasteiger partial charge in [0.05, 0.1) is 4.91 Å². The number of carbonyl (C=O) groups is 1. The van der Waals surface area contributed by atoms with E-state index in [9.17, 15) is 4.79 Å². The minimum absolute atomic E-state index is 0.120. The van der Waals surface area contributed by atoms with Gasteiger partial charge in [-0.25, -0.2) is 0 Å². The van der Waals surface area contributed by atoms with Crippen molar-refractivity contribution in [2.24, 2.45) is 0 Å². The molecule has 3 heterocycles. The van der Waals surface area contributed by atoms with E-state index in [-0.39, 0.29) is 11.4 Å². The van der Waals surface area contributed by atoms with Gasteiger partial charge in [-0.15, -0.1) is 0 Å². The average molecular weight is 380 g/mol. The molecule has 5 rings (SSSR count). The predicted octanol–water partition coefficient (Wildman–Crippen LogP) is 4.21. The molecule has 1 amide bonds. The first-order chi connectivity index (χ1) is 13.1. The molecular weight excluding hydrogens is 354 g/mol. The number of benzene rings is 1. The zero-order valence-electron chi connectivity index (χ0n) is 15.8. The van der Waals surface area contributed by atoms with E-state index >= 15 is 0 Å². The Balaban J connectivity index is 1.46. The third-order valence-corrected chi connectivity index (χ3v) is 7.28. The fourth-order valence-corrected chi connectivity index (χ4v) is 6.12. The Morgan fingerprint density at radius 2 is 1.93 bits per heavy atom. The summed E-state index contributed by atoms with van der Waals surface area (Å²) in [5.74, 6) is 0.205. The van der Waals surface area contributed by atoms with Crippen LogP contribution in [0.25, 0.3) is 11.8 Å². The lowest BCUT2D eigenvalue weighted by atomic mass is 9.91. The Bertz CT molecular complexity index is 917. The molecule has 0 radical (unpaired) electrons. The number of aromatic nitrogens is 1. The summed E-state index contributed by atoms with van der Waals surface area (Å²) in [5, 5.41) is 3.68. The highest BCUT2D eigenvalue weighted by molar-refractivity contribution is 8.05. The normalized spacial score (nSPS) is 28.7. The Hall–Kier alpha value is -1.98. The second-order valence-electron chi connectivity index (χ2n) is 7.81. The smallest absolute Gasteiger partial charge is 0.262 e. The van der Waals surface area contributed by atoms with Crippen molar-refractivity contribution < 1.29 is 4.79 Å². The van der Waals surface area contributed by atoms with E-state index in [0.29, 0.717) is 12.1 Å². The largest absolute Gasteiger partial charge is 0.318 e. The number of nitrogens with zero attached hydrogens (tertiary/aromatic N) is 2. The predicted molar refractivity (Wildman–Crippen MR) is 111 cm³/mol. The van der Waals surface area contributed by atoms with Crippen LogP contribution in [0.1, 0.15) is 42.6 Å². The molecule has 4 nitrogen and oxygen atoms in total. The molecule has 5 heteroatoms. The SMILES string of the molecule is Cc1cc(/C=C2/SC3NC4CCCCC4N3C2=O)c(C)n1-c1ccccc1. The van der Waals surface area contributed by atoms with E-state index in [1.165, 1.54) is 30.7 Å². The Kier molecular flexibility index (Phi) is 4.17. The monoisotopic (exact) mass is 379 g/mol. The van der Waals surface area contributed by atoms with Gasteiger partial charge in [-0.05, 0) is 56.5 Å². The number of hydrogen-bond acceptors (Lipinski definition) is 3. The van der Waals surface area contributed by atoms with Crippen LogP contribution >= 0.6 is 11.8 Å². The highest BCUT2D eigenvalue weighted by atomic mass is 32.2. The fraction of sp³-hybridized carbons (Fsp3) is 0.409. The van der Waals surface area contributed by atoms with Crippen LogP contribution < -0.4 is 5.32 Å². The quantitative estimate of drug-likeness (QED) is 0.795. The van der Waals surface area contributed by atoms with Gasteiger partial charge in [-0.1, -0.05) is 42.8 Å². The molecule has 3 atom stereocenters. The van der Waals surface area contributed by atoms with E-state index in [0.717, 1.165) is 22.6 Å². The molecule has 3 unspecified atom stereocenters. The number of fused-ring (bicyclic) bond motifs is 3. The van der Waals surface area contributed by atoms with Gasteiger partial charge in [0.15, 0.2) is 0 Å². The zero-order chi connectivity index (χ0) is 18.5. The number of rotatable bonds is 2. The van der Waals surface area contributed by atoms with Gasteiger partial charge in [-0.2, -0.15) is 0 Å². The lowest BCUT2D eigenvalue weighted by molar-refractivity contribution is -0.127. The first-order valence-corrected chi connectivity index (χ1v) is 10.7. The van der Waals surface area contributed by atoms with Gasteiger partial charge >= 0.3 is 0 Å². The molecule has 2 aliphatic heterocycles. The maximum atomic E-state index is 13.1. The lowest BCUT2D eigenvalue weighted by Crippen LogP contribution is -2.40.